The van der Waals surface area contributed by atoms with Crippen molar-refractivity contribution in [3.8, 4) is 5.75 Å². The number of benzene rings is 1. The molecular formula is C11H11F3N3O3+. The smallest absolute Gasteiger partial charge is 0.405 e. The predicted octanol–water partition coefficient (Wildman–Crippen LogP) is 1.01. The summed E-state index contributed by atoms with van der Waals surface area (Å²) >= 11 is 0. The number of ether oxygens (including phenoxy) is 1. The van der Waals surface area contributed by atoms with Crippen molar-refractivity contribution in [2.24, 2.45) is 5.73 Å². The summed E-state index contributed by atoms with van der Waals surface area (Å²) in [4.78, 5) is 9.43. The van der Waals surface area contributed by atoms with Crippen molar-refractivity contribution in [3.05, 3.63) is 45.6 Å². The first-order valence-corrected chi connectivity index (χ1v) is 5.21. The molecule has 0 bridgehead atoms. The Morgan fingerprint density at radius 2 is 2.10 bits per heavy atom. The van der Waals surface area contributed by atoms with Crippen LogP contribution in [0.4, 0.5) is 18.9 Å². The van der Waals surface area contributed by atoms with Crippen molar-refractivity contribution in [3.63, 3.8) is 0 Å². The first kappa shape index (κ1) is 15.5. The topological polar surface area (TPSA) is 104 Å². The summed E-state index contributed by atoms with van der Waals surface area (Å²) in [7, 11) is 0. The number of alkyl halides is 3. The molecule has 0 unspecified atom stereocenters. The van der Waals surface area contributed by atoms with Gasteiger partial charge in [-0.1, -0.05) is 0 Å². The van der Waals surface area contributed by atoms with E-state index >= 15 is 0 Å². The van der Waals surface area contributed by atoms with E-state index in [0.717, 1.165) is 6.07 Å². The summed E-state index contributed by atoms with van der Waals surface area (Å²) in [5.74, 6) is -0.509. The lowest BCUT2D eigenvalue weighted by Gasteiger charge is -2.09. The molecule has 0 amide bonds. The highest BCUT2D eigenvalue weighted by atomic mass is 19.4. The average Bonchev–Trinajstić information content (AvgIpc) is 2.25. The Labute approximate surface area is 111 Å². The maximum atomic E-state index is 12.7. The largest absolute Gasteiger partial charge is 0.423 e. The minimum Gasteiger partial charge on any atom is -0.405 e. The Morgan fingerprint density at radius 1 is 1.50 bits per heavy atom. The third kappa shape index (κ3) is 3.97. The number of nitro groups is 1. The second-order valence-corrected chi connectivity index (χ2v) is 3.83. The van der Waals surface area contributed by atoms with Gasteiger partial charge in [0.25, 0.3) is 5.69 Å². The van der Waals surface area contributed by atoms with Gasteiger partial charge in [-0.25, -0.2) is 5.41 Å². The molecule has 0 aliphatic carbocycles. The van der Waals surface area contributed by atoms with Gasteiger partial charge in [0.05, 0.1) is 11.0 Å². The molecule has 20 heavy (non-hydrogen) atoms. The highest BCUT2D eigenvalue weighted by molar-refractivity contribution is 5.84. The first-order valence-electron chi connectivity index (χ1n) is 5.21. The van der Waals surface area contributed by atoms with Gasteiger partial charge in [0.2, 0.25) is 0 Å². The van der Waals surface area contributed by atoms with Crippen LogP contribution in [0.3, 0.4) is 0 Å². The molecule has 108 valence electrons. The molecule has 1 rings (SSSR count). The Morgan fingerprint density at radius 3 is 2.55 bits per heavy atom. The molecule has 0 radical (unpaired) electrons. The Hall–Kier alpha value is -2.58. The third-order valence-electron chi connectivity index (χ3n) is 2.08. The highest BCUT2D eigenvalue weighted by Crippen LogP contribution is 2.38. The van der Waals surface area contributed by atoms with Gasteiger partial charge in [-0.05, 0) is 13.0 Å². The number of rotatable bonds is 3. The number of nitrogens with zero attached hydrogens (tertiary/aromatic N) is 1. The van der Waals surface area contributed by atoms with Gasteiger partial charge >= 0.3 is 12.1 Å². The molecule has 1 aromatic carbocycles. The SMILES string of the molecule is C/C(N)=C/C(=[NH2+])Oc1ccc([N+](=O)[O-])c(C(F)(F)F)c1. The molecule has 0 aliphatic rings. The van der Waals surface area contributed by atoms with Crippen LogP contribution in [0.2, 0.25) is 0 Å². The summed E-state index contributed by atoms with van der Waals surface area (Å²) < 4.78 is 43.0. The van der Waals surface area contributed by atoms with Crippen LogP contribution < -0.4 is 15.9 Å². The van der Waals surface area contributed by atoms with Gasteiger partial charge in [0.15, 0.2) is 0 Å². The van der Waals surface area contributed by atoms with Crippen LogP contribution >= 0.6 is 0 Å². The Balaban J connectivity index is 3.17. The lowest BCUT2D eigenvalue weighted by Crippen LogP contribution is -2.42. The van der Waals surface area contributed by atoms with E-state index in [4.69, 9.17) is 15.9 Å². The van der Waals surface area contributed by atoms with E-state index in [0.29, 0.717) is 17.8 Å². The molecule has 0 fully saturated rings. The van der Waals surface area contributed by atoms with Crippen LogP contribution in [0, 0.1) is 10.1 Å². The van der Waals surface area contributed by atoms with Gasteiger partial charge in [0.1, 0.15) is 11.3 Å². The van der Waals surface area contributed by atoms with Crippen molar-refractivity contribution in [1.29, 1.82) is 0 Å². The number of nitro benzene ring substituents is 1. The zero-order chi connectivity index (χ0) is 15.5. The minimum absolute atomic E-state index is 0.230. The fourth-order valence-corrected chi connectivity index (χ4v) is 1.35. The lowest BCUT2D eigenvalue weighted by molar-refractivity contribution is -0.388. The fourth-order valence-electron chi connectivity index (χ4n) is 1.35. The summed E-state index contributed by atoms with van der Waals surface area (Å²) in [5.41, 5.74) is 3.14. The number of hydrogen-bond acceptors (Lipinski definition) is 4. The number of nitrogens with two attached hydrogens (primary N) is 2. The van der Waals surface area contributed by atoms with E-state index in [9.17, 15) is 23.3 Å². The zero-order valence-electron chi connectivity index (χ0n) is 10.3. The maximum Gasteiger partial charge on any atom is 0.423 e. The standard InChI is InChI=1S/C11H10F3N3O3/c1-6(15)4-10(16)20-7-2-3-9(17(18)19)8(5-7)11(12,13)14/h2-5,16H,15H2,1H3/p+1/b6-4-,16-10?. The quantitative estimate of drug-likeness (QED) is 0.375. The summed E-state index contributed by atoms with van der Waals surface area (Å²) in [6, 6.07) is 2.22. The van der Waals surface area contributed by atoms with Gasteiger partial charge in [-0.3, -0.25) is 10.1 Å². The molecule has 9 heteroatoms. The molecule has 0 heterocycles. The molecule has 6 nitrogen and oxygen atoms in total. The van der Waals surface area contributed by atoms with E-state index in [-0.39, 0.29) is 11.6 Å². The average molecular weight is 290 g/mol. The summed E-state index contributed by atoms with van der Waals surface area (Å²) in [6.07, 6.45) is -3.68. The van der Waals surface area contributed by atoms with Gasteiger partial charge in [0, 0.05) is 17.8 Å². The van der Waals surface area contributed by atoms with Gasteiger partial charge in [-0.15, -0.1) is 0 Å². The summed E-state index contributed by atoms with van der Waals surface area (Å²) in [5, 5.41) is 15.9. The van der Waals surface area contributed by atoms with Crippen LogP contribution in [0.25, 0.3) is 0 Å². The van der Waals surface area contributed by atoms with Crippen molar-refractivity contribution < 1.29 is 28.2 Å². The number of allylic oxidation sites excluding steroid dienone is 1. The molecule has 0 atom stereocenters. The predicted molar refractivity (Wildman–Crippen MR) is 63.6 cm³/mol. The van der Waals surface area contributed by atoms with Crippen LogP contribution in [0.5, 0.6) is 5.75 Å². The van der Waals surface area contributed by atoms with Crippen LogP contribution in [0.1, 0.15) is 12.5 Å². The lowest BCUT2D eigenvalue weighted by atomic mass is 10.1. The number of halogens is 3. The second kappa shape index (κ2) is 5.59. The fraction of sp³-hybridized carbons (Fsp3) is 0.182. The minimum atomic E-state index is -4.88. The van der Waals surface area contributed by atoms with E-state index in [1.165, 1.54) is 13.0 Å². The molecule has 0 aliphatic heterocycles. The first-order chi connectivity index (χ1) is 9.11. The molecule has 0 spiro atoms. The Kier molecular flexibility index (Phi) is 4.33. The van der Waals surface area contributed by atoms with E-state index in [1.54, 1.807) is 0 Å². The number of hydrogen-bond donors (Lipinski definition) is 2. The van der Waals surface area contributed by atoms with Crippen molar-refractivity contribution >= 4 is 11.6 Å². The highest BCUT2D eigenvalue weighted by Gasteiger charge is 2.38. The molecule has 0 aromatic heterocycles. The van der Waals surface area contributed by atoms with E-state index < -0.39 is 22.4 Å². The van der Waals surface area contributed by atoms with E-state index in [1.807, 2.05) is 0 Å². The maximum absolute atomic E-state index is 12.7. The van der Waals surface area contributed by atoms with E-state index in [2.05, 4.69) is 0 Å². The van der Waals surface area contributed by atoms with Crippen molar-refractivity contribution in [1.82, 2.24) is 0 Å². The zero-order valence-corrected chi connectivity index (χ0v) is 10.3. The molecule has 4 N–H and O–H groups in total. The summed E-state index contributed by atoms with van der Waals surface area (Å²) in [6.45, 7) is 1.51. The van der Waals surface area contributed by atoms with Crippen LogP contribution in [-0.2, 0) is 6.18 Å². The molecular weight excluding hydrogens is 279 g/mol. The molecule has 0 saturated carbocycles. The third-order valence-corrected chi connectivity index (χ3v) is 2.08. The molecule has 0 saturated heterocycles. The van der Waals surface area contributed by atoms with Gasteiger partial charge < -0.3 is 10.5 Å². The Bertz CT molecular complexity index is 578. The second-order valence-electron chi connectivity index (χ2n) is 3.83. The van der Waals surface area contributed by atoms with Gasteiger partial charge in [-0.2, -0.15) is 13.2 Å². The van der Waals surface area contributed by atoms with Crippen molar-refractivity contribution in [2.75, 3.05) is 0 Å². The van der Waals surface area contributed by atoms with Crippen LogP contribution in [-0.4, -0.2) is 10.8 Å². The monoisotopic (exact) mass is 290 g/mol. The van der Waals surface area contributed by atoms with Crippen molar-refractivity contribution in [2.45, 2.75) is 13.1 Å². The molecule has 1 aromatic rings. The normalized spacial score (nSPS) is 12.1. The van der Waals surface area contributed by atoms with Crippen LogP contribution in [0.15, 0.2) is 30.0 Å².